The fraction of sp³-hybridized carbons (Fsp3) is 0.333. The summed E-state index contributed by atoms with van der Waals surface area (Å²) in [4.78, 5) is 16.7. The van der Waals surface area contributed by atoms with Gasteiger partial charge in [0.15, 0.2) is 11.0 Å². The van der Waals surface area contributed by atoms with E-state index >= 15 is 0 Å². The summed E-state index contributed by atoms with van der Waals surface area (Å²) >= 11 is 1.43. The van der Waals surface area contributed by atoms with Crippen molar-refractivity contribution in [2.24, 2.45) is 0 Å². The van der Waals surface area contributed by atoms with E-state index in [9.17, 15) is 4.79 Å². The Morgan fingerprint density at radius 1 is 1.21 bits per heavy atom. The Kier molecular flexibility index (Phi) is 5.43. The molecule has 28 heavy (non-hydrogen) atoms. The zero-order valence-corrected chi connectivity index (χ0v) is 16.8. The summed E-state index contributed by atoms with van der Waals surface area (Å²) in [6, 6.07) is 12.2. The molecule has 2 aromatic heterocycles. The Morgan fingerprint density at radius 2 is 2.04 bits per heavy atom. The molecular formula is C21H23N5OS. The van der Waals surface area contributed by atoms with Crippen LogP contribution >= 0.6 is 11.8 Å². The van der Waals surface area contributed by atoms with Gasteiger partial charge in [-0.05, 0) is 42.5 Å². The summed E-state index contributed by atoms with van der Waals surface area (Å²) in [5, 5.41) is 12.5. The topological polar surface area (TPSA) is 72.7 Å². The van der Waals surface area contributed by atoms with Crippen LogP contribution in [0.2, 0.25) is 0 Å². The molecule has 4 rings (SSSR count). The van der Waals surface area contributed by atoms with Gasteiger partial charge in [0.1, 0.15) is 0 Å². The maximum Gasteiger partial charge on any atom is 0.234 e. The second-order valence-electron chi connectivity index (χ2n) is 7.23. The fourth-order valence-electron chi connectivity index (χ4n) is 3.16. The highest BCUT2D eigenvalue weighted by Gasteiger charge is 2.30. The number of rotatable bonds is 7. The third-order valence-corrected chi connectivity index (χ3v) is 5.63. The summed E-state index contributed by atoms with van der Waals surface area (Å²) in [7, 11) is 0. The van der Waals surface area contributed by atoms with Crippen molar-refractivity contribution in [1.82, 2.24) is 19.7 Å². The number of para-hydroxylation sites is 1. The highest BCUT2D eigenvalue weighted by Crippen LogP contribution is 2.41. The van der Waals surface area contributed by atoms with Crippen molar-refractivity contribution in [1.29, 1.82) is 0 Å². The maximum absolute atomic E-state index is 12.5. The average Bonchev–Trinajstić information content (AvgIpc) is 3.46. The van der Waals surface area contributed by atoms with Crippen molar-refractivity contribution < 1.29 is 4.79 Å². The molecule has 1 aliphatic rings. The Hall–Kier alpha value is -2.67. The molecule has 1 aliphatic carbocycles. The molecule has 7 heteroatoms. The van der Waals surface area contributed by atoms with Gasteiger partial charge in [0, 0.05) is 29.7 Å². The van der Waals surface area contributed by atoms with E-state index in [1.165, 1.54) is 11.8 Å². The zero-order valence-electron chi connectivity index (χ0n) is 16.0. The Bertz CT molecular complexity index is 966. The van der Waals surface area contributed by atoms with Gasteiger partial charge in [-0.1, -0.05) is 43.8 Å². The SMILES string of the molecule is CC(C)c1ccccc1NC(=O)CSc1nnc(-c2cccnc2)n1C1CC1. The lowest BCUT2D eigenvalue weighted by Gasteiger charge is -2.13. The minimum absolute atomic E-state index is 0.0358. The molecule has 0 bridgehead atoms. The third-order valence-electron chi connectivity index (χ3n) is 4.69. The molecule has 0 spiro atoms. The number of amides is 1. The number of carbonyl (C=O) groups is 1. The van der Waals surface area contributed by atoms with Gasteiger partial charge in [-0.2, -0.15) is 0 Å². The lowest BCUT2D eigenvalue weighted by Crippen LogP contribution is -2.16. The van der Waals surface area contributed by atoms with Crippen LogP contribution in [0.5, 0.6) is 0 Å². The minimum Gasteiger partial charge on any atom is -0.325 e. The van der Waals surface area contributed by atoms with Crippen LogP contribution in [0.1, 0.15) is 44.2 Å². The van der Waals surface area contributed by atoms with E-state index in [-0.39, 0.29) is 5.91 Å². The molecule has 0 saturated heterocycles. The van der Waals surface area contributed by atoms with E-state index in [0.717, 1.165) is 40.6 Å². The van der Waals surface area contributed by atoms with Gasteiger partial charge < -0.3 is 5.32 Å². The van der Waals surface area contributed by atoms with E-state index in [1.807, 2.05) is 30.3 Å². The van der Waals surface area contributed by atoms with Gasteiger partial charge in [-0.25, -0.2) is 0 Å². The fourth-order valence-corrected chi connectivity index (χ4v) is 3.97. The van der Waals surface area contributed by atoms with Gasteiger partial charge in [0.05, 0.1) is 5.75 Å². The van der Waals surface area contributed by atoms with Crippen molar-refractivity contribution in [3.8, 4) is 11.4 Å². The molecule has 144 valence electrons. The Labute approximate surface area is 168 Å². The van der Waals surface area contributed by atoms with Gasteiger partial charge in [0.25, 0.3) is 0 Å². The molecule has 0 aliphatic heterocycles. The summed E-state index contributed by atoms with van der Waals surface area (Å²) in [5.41, 5.74) is 2.97. The van der Waals surface area contributed by atoms with E-state index in [0.29, 0.717) is 17.7 Å². The van der Waals surface area contributed by atoms with Crippen LogP contribution in [-0.2, 0) is 4.79 Å². The van der Waals surface area contributed by atoms with E-state index in [2.05, 4.69) is 45.0 Å². The Morgan fingerprint density at radius 3 is 2.75 bits per heavy atom. The molecule has 0 unspecified atom stereocenters. The summed E-state index contributed by atoms with van der Waals surface area (Å²) in [6.45, 7) is 4.25. The quantitative estimate of drug-likeness (QED) is 0.597. The molecule has 2 heterocycles. The molecular weight excluding hydrogens is 370 g/mol. The summed E-state index contributed by atoms with van der Waals surface area (Å²) < 4.78 is 2.15. The van der Waals surface area contributed by atoms with Crippen LogP contribution in [-0.4, -0.2) is 31.4 Å². The predicted octanol–water partition coefficient (Wildman–Crippen LogP) is 4.53. The molecule has 0 radical (unpaired) electrons. The molecule has 6 nitrogen and oxygen atoms in total. The number of hydrogen-bond acceptors (Lipinski definition) is 5. The predicted molar refractivity (Wildman–Crippen MR) is 111 cm³/mol. The van der Waals surface area contributed by atoms with Gasteiger partial charge in [-0.3, -0.25) is 14.3 Å². The zero-order chi connectivity index (χ0) is 19.5. The molecule has 1 aromatic carbocycles. The second kappa shape index (κ2) is 8.14. The maximum atomic E-state index is 12.5. The third kappa shape index (κ3) is 4.09. The number of carbonyl (C=O) groups excluding carboxylic acids is 1. The van der Waals surface area contributed by atoms with Crippen LogP contribution in [0.25, 0.3) is 11.4 Å². The molecule has 1 fully saturated rings. The number of anilines is 1. The molecule has 1 N–H and O–H groups in total. The summed E-state index contributed by atoms with van der Waals surface area (Å²) in [5.74, 6) is 1.43. The van der Waals surface area contributed by atoms with Gasteiger partial charge in [-0.15, -0.1) is 10.2 Å². The van der Waals surface area contributed by atoms with Gasteiger partial charge in [0.2, 0.25) is 5.91 Å². The van der Waals surface area contributed by atoms with Crippen LogP contribution in [0.3, 0.4) is 0 Å². The second-order valence-corrected chi connectivity index (χ2v) is 8.17. The van der Waals surface area contributed by atoms with E-state index in [1.54, 1.807) is 12.4 Å². The highest BCUT2D eigenvalue weighted by atomic mass is 32.2. The first-order valence-corrected chi connectivity index (χ1v) is 10.5. The normalized spacial score (nSPS) is 13.7. The first-order valence-electron chi connectivity index (χ1n) is 9.50. The van der Waals surface area contributed by atoms with Crippen molar-refractivity contribution in [2.45, 2.75) is 43.8 Å². The lowest BCUT2D eigenvalue weighted by atomic mass is 10.0. The molecule has 3 aromatic rings. The van der Waals surface area contributed by atoms with Crippen molar-refractivity contribution >= 4 is 23.4 Å². The monoisotopic (exact) mass is 393 g/mol. The molecule has 1 amide bonds. The number of pyridine rings is 1. The van der Waals surface area contributed by atoms with E-state index < -0.39 is 0 Å². The largest absolute Gasteiger partial charge is 0.325 e. The Balaban J connectivity index is 1.47. The van der Waals surface area contributed by atoms with Crippen LogP contribution in [0.4, 0.5) is 5.69 Å². The van der Waals surface area contributed by atoms with Crippen LogP contribution < -0.4 is 5.32 Å². The van der Waals surface area contributed by atoms with Crippen LogP contribution in [0, 0.1) is 0 Å². The first-order chi connectivity index (χ1) is 13.6. The first kappa shape index (κ1) is 18.7. The molecule has 0 atom stereocenters. The number of nitrogens with zero attached hydrogens (tertiary/aromatic N) is 4. The minimum atomic E-state index is -0.0358. The van der Waals surface area contributed by atoms with Crippen molar-refractivity contribution in [3.63, 3.8) is 0 Å². The number of hydrogen-bond donors (Lipinski definition) is 1. The van der Waals surface area contributed by atoms with Gasteiger partial charge >= 0.3 is 0 Å². The number of aromatic nitrogens is 4. The van der Waals surface area contributed by atoms with Crippen molar-refractivity contribution in [2.75, 3.05) is 11.1 Å². The average molecular weight is 394 g/mol. The smallest absolute Gasteiger partial charge is 0.234 e. The number of thioether (sulfide) groups is 1. The summed E-state index contributed by atoms with van der Waals surface area (Å²) in [6.07, 6.45) is 5.78. The number of benzene rings is 1. The highest BCUT2D eigenvalue weighted by molar-refractivity contribution is 7.99. The lowest BCUT2D eigenvalue weighted by molar-refractivity contribution is -0.113. The standard InChI is InChI=1S/C21H23N5OS/c1-14(2)17-7-3-4-8-18(17)23-19(27)13-28-21-25-24-20(26(21)16-9-10-16)15-6-5-11-22-12-15/h3-8,11-12,14,16H,9-10,13H2,1-2H3,(H,23,27). The van der Waals surface area contributed by atoms with E-state index in [4.69, 9.17) is 0 Å². The van der Waals surface area contributed by atoms with Crippen molar-refractivity contribution in [3.05, 3.63) is 54.4 Å². The number of nitrogens with one attached hydrogen (secondary N) is 1. The van der Waals surface area contributed by atoms with Crippen LogP contribution in [0.15, 0.2) is 53.9 Å². The molecule has 1 saturated carbocycles.